The second-order valence-electron chi connectivity index (χ2n) is 7.83. The smallest absolute Gasteiger partial charge is 0.178 e. The summed E-state index contributed by atoms with van der Waals surface area (Å²) in [4.78, 5) is 2.46. The van der Waals surface area contributed by atoms with Gasteiger partial charge in [-0.1, -0.05) is 13.0 Å². The standard InChI is InChI=1S/C21H23F3N2O3S/c1-2-30(27,28)15-4-3-12-9-26(10-13(12)5-15)14-6-20(25)21(29-11-14)16-7-18(23)19(24)8-17(16)22/h3-5,7-8,14,20-21H,2,6,9-11,25H2,1H3/t14-,20+,21-/m1/s1. The molecule has 0 amide bonds. The van der Waals surface area contributed by atoms with Crippen molar-refractivity contribution in [1.29, 1.82) is 0 Å². The third-order valence-corrected chi connectivity index (χ3v) is 7.66. The van der Waals surface area contributed by atoms with E-state index in [-0.39, 0.29) is 24.0 Å². The van der Waals surface area contributed by atoms with E-state index in [0.717, 1.165) is 17.2 Å². The van der Waals surface area contributed by atoms with E-state index in [1.165, 1.54) is 0 Å². The van der Waals surface area contributed by atoms with Crippen LogP contribution in [-0.2, 0) is 27.7 Å². The second-order valence-corrected chi connectivity index (χ2v) is 10.1. The van der Waals surface area contributed by atoms with Crippen LogP contribution >= 0.6 is 0 Å². The Morgan fingerprint density at radius 1 is 1.07 bits per heavy atom. The van der Waals surface area contributed by atoms with E-state index >= 15 is 0 Å². The van der Waals surface area contributed by atoms with Crippen LogP contribution in [0.25, 0.3) is 0 Å². The minimum absolute atomic E-state index is 0.0444. The third kappa shape index (κ3) is 3.87. The highest BCUT2D eigenvalue weighted by Crippen LogP contribution is 2.35. The van der Waals surface area contributed by atoms with Crippen molar-refractivity contribution in [1.82, 2.24) is 4.90 Å². The summed E-state index contributed by atoms with van der Waals surface area (Å²) in [5, 5.41) is 0. The molecule has 2 N–H and O–H groups in total. The Morgan fingerprint density at radius 3 is 2.47 bits per heavy atom. The normalized spacial score (nSPS) is 24.8. The van der Waals surface area contributed by atoms with Crippen molar-refractivity contribution in [3.05, 3.63) is 64.5 Å². The molecule has 2 aromatic rings. The lowest BCUT2D eigenvalue weighted by atomic mass is 9.93. The van der Waals surface area contributed by atoms with Gasteiger partial charge >= 0.3 is 0 Å². The molecule has 4 rings (SSSR count). The summed E-state index contributed by atoms with van der Waals surface area (Å²) in [5.41, 5.74) is 8.13. The molecule has 0 unspecified atom stereocenters. The van der Waals surface area contributed by atoms with Crippen LogP contribution in [0.1, 0.15) is 36.1 Å². The van der Waals surface area contributed by atoms with Gasteiger partial charge in [-0.05, 0) is 35.7 Å². The molecule has 0 aliphatic carbocycles. The Balaban J connectivity index is 1.47. The molecule has 0 radical (unpaired) electrons. The Labute approximate surface area is 173 Å². The van der Waals surface area contributed by atoms with E-state index < -0.39 is 39.4 Å². The largest absolute Gasteiger partial charge is 0.370 e. The van der Waals surface area contributed by atoms with Gasteiger partial charge in [-0.25, -0.2) is 21.6 Å². The van der Waals surface area contributed by atoms with Crippen molar-refractivity contribution < 1.29 is 26.3 Å². The Bertz CT molecular complexity index is 1080. The maximum Gasteiger partial charge on any atom is 0.178 e. The van der Waals surface area contributed by atoms with Crippen LogP contribution < -0.4 is 5.73 Å². The maximum absolute atomic E-state index is 14.1. The molecule has 2 aliphatic heterocycles. The fourth-order valence-corrected chi connectivity index (χ4v) is 5.12. The number of hydrogen-bond acceptors (Lipinski definition) is 5. The lowest BCUT2D eigenvalue weighted by Crippen LogP contribution is -2.47. The molecule has 0 bridgehead atoms. The molecule has 1 saturated heterocycles. The summed E-state index contributed by atoms with van der Waals surface area (Å²) in [5.74, 6) is -3.23. The molecular formula is C21H23F3N2O3S. The average Bonchev–Trinajstić information content (AvgIpc) is 3.14. The SMILES string of the molecule is CCS(=O)(=O)c1ccc2c(c1)CN([C@H]1CO[C@H](c3cc(F)c(F)cc3F)[C@@H](N)C1)C2. The number of sulfone groups is 1. The molecule has 0 aromatic heterocycles. The lowest BCUT2D eigenvalue weighted by Gasteiger charge is -2.38. The van der Waals surface area contributed by atoms with Crippen molar-refractivity contribution in [2.45, 2.75) is 49.5 Å². The summed E-state index contributed by atoms with van der Waals surface area (Å²) in [7, 11) is -3.28. The van der Waals surface area contributed by atoms with Crippen LogP contribution in [0, 0.1) is 17.5 Å². The van der Waals surface area contributed by atoms with Crippen LogP contribution in [-0.4, -0.2) is 37.8 Å². The predicted molar refractivity (Wildman–Crippen MR) is 105 cm³/mol. The average molecular weight is 440 g/mol. The van der Waals surface area contributed by atoms with Crippen molar-refractivity contribution >= 4 is 9.84 Å². The zero-order valence-corrected chi connectivity index (χ0v) is 17.3. The fraction of sp³-hybridized carbons (Fsp3) is 0.429. The molecule has 9 heteroatoms. The first-order valence-electron chi connectivity index (χ1n) is 9.80. The number of benzene rings is 2. The fourth-order valence-electron chi connectivity index (χ4n) is 4.19. The molecule has 2 aliphatic rings. The highest BCUT2D eigenvalue weighted by atomic mass is 32.2. The molecule has 162 valence electrons. The number of halogens is 3. The van der Waals surface area contributed by atoms with Crippen molar-refractivity contribution in [2.24, 2.45) is 5.73 Å². The van der Waals surface area contributed by atoms with Gasteiger partial charge < -0.3 is 10.5 Å². The second kappa shape index (κ2) is 7.96. The highest BCUT2D eigenvalue weighted by molar-refractivity contribution is 7.91. The van der Waals surface area contributed by atoms with Crippen LogP contribution in [0.3, 0.4) is 0 Å². The van der Waals surface area contributed by atoms with E-state index in [1.54, 1.807) is 19.1 Å². The van der Waals surface area contributed by atoms with Crippen LogP contribution in [0.2, 0.25) is 0 Å². The number of fused-ring (bicyclic) bond motifs is 1. The van der Waals surface area contributed by atoms with Crippen LogP contribution in [0.4, 0.5) is 13.2 Å². The minimum atomic E-state index is -3.28. The zero-order chi connectivity index (χ0) is 21.6. The molecule has 1 fully saturated rings. The third-order valence-electron chi connectivity index (χ3n) is 5.93. The Kier molecular flexibility index (Phi) is 5.65. The van der Waals surface area contributed by atoms with Gasteiger partial charge in [-0.2, -0.15) is 0 Å². The number of ether oxygens (including phenoxy) is 1. The van der Waals surface area contributed by atoms with Gasteiger partial charge in [0, 0.05) is 36.8 Å². The van der Waals surface area contributed by atoms with Gasteiger partial charge in [0.25, 0.3) is 0 Å². The van der Waals surface area contributed by atoms with E-state index in [1.807, 2.05) is 6.07 Å². The first-order chi connectivity index (χ1) is 14.2. The van der Waals surface area contributed by atoms with E-state index in [2.05, 4.69) is 4.90 Å². The van der Waals surface area contributed by atoms with Gasteiger partial charge in [0.05, 0.1) is 17.3 Å². The molecule has 30 heavy (non-hydrogen) atoms. The van der Waals surface area contributed by atoms with Crippen molar-refractivity contribution in [3.8, 4) is 0 Å². The summed E-state index contributed by atoms with van der Waals surface area (Å²) in [6, 6.07) is 5.85. The summed E-state index contributed by atoms with van der Waals surface area (Å²) >= 11 is 0. The minimum Gasteiger partial charge on any atom is -0.370 e. The molecule has 0 spiro atoms. The van der Waals surface area contributed by atoms with Gasteiger partial charge in [0.1, 0.15) is 11.9 Å². The Morgan fingerprint density at radius 2 is 1.77 bits per heavy atom. The summed E-state index contributed by atoms with van der Waals surface area (Å²) in [6.07, 6.45) is -0.375. The first-order valence-corrected chi connectivity index (χ1v) is 11.4. The van der Waals surface area contributed by atoms with E-state index in [9.17, 15) is 21.6 Å². The highest BCUT2D eigenvalue weighted by Gasteiger charge is 2.36. The monoisotopic (exact) mass is 440 g/mol. The summed E-state index contributed by atoms with van der Waals surface area (Å²) < 4.78 is 71.0. The predicted octanol–water partition coefficient (Wildman–Crippen LogP) is 3.07. The first kappa shape index (κ1) is 21.3. The van der Waals surface area contributed by atoms with Gasteiger partial charge in [0.15, 0.2) is 21.5 Å². The molecule has 2 aromatic carbocycles. The molecule has 3 atom stereocenters. The van der Waals surface area contributed by atoms with Gasteiger partial charge in [-0.3, -0.25) is 4.90 Å². The van der Waals surface area contributed by atoms with E-state index in [4.69, 9.17) is 10.5 Å². The molecule has 5 nitrogen and oxygen atoms in total. The quantitative estimate of drug-likeness (QED) is 0.740. The summed E-state index contributed by atoms with van der Waals surface area (Å²) in [6.45, 7) is 3.06. The van der Waals surface area contributed by atoms with Gasteiger partial charge in [-0.15, -0.1) is 0 Å². The van der Waals surface area contributed by atoms with Gasteiger partial charge in [0.2, 0.25) is 0 Å². The molecular weight excluding hydrogens is 417 g/mol. The van der Waals surface area contributed by atoms with Crippen molar-refractivity contribution in [2.75, 3.05) is 12.4 Å². The number of nitrogens with two attached hydrogens (primary N) is 1. The lowest BCUT2D eigenvalue weighted by molar-refractivity contribution is -0.0531. The van der Waals surface area contributed by atoms with Crippen LogP contribution in [0.5, 0.6) is 0 Å². The topological polar surface area (TPSA) is 72.6 Å². The van der Waals surface area contributed by atoms with Crippen LogP contribution in [0.15, 0.2) is 35.2 Å². The number of hydrogen-bond donors (Lipinski definition) is 1. The maximum atomic E-state index is 14.1. The number of rotatable bonds is 4. The molecule has 0 saturated carbocycles. The zero-order valence-electron chi connectivity index (χ0n) is 16.4. The number of nitrogens with zero attached hydrogens (tertiary/aromatic N) is 1. The Hall–Kier alpha value is -1.94. The van der Waals surface area contributed by atoms with E-state index in [0.29, 0.717) is 30.5 Å². The molecule has 2 heterocycles. The van der Waals surface area contributed by atoms with Crippen molar-refractivity contribution in [3.63, 3.8) is 0 Å².